The molecule has 0 saturated carbocycles. The molecule has 0 spiro atoms. The molecule has 1 amide bonds. The lowest BCUT2D eigenvalue weighted by atomic mass is 10.1. The molecule has 0 radical (unpaired) electrons. The second kappa shape index (κ2) is 13.2. The predicted octanol–water partition coefficient (Wildman–Crippen LogP) is 2.08. The van der Waals surface area contributed by atoms with Crippen molar-refractivity contribution in [3.8, 4) is 0 Å². The molecule has 1 atom stereocenters. The lowest BCUT2D eigenvalue weighted by molar-refractivity contribution is -0.160. The molecule has 2 N–H and O–H groups in total. The molecule has 128 valence electrons. The van der Waals surface area contributed by atoms with E-state index < -0.39 is 30.4 Å². The molecule has 0 aliphatic heterocycles. The molecular weight excluding hydrogens is 286 g/mol. The normalized spacial score (nSPS) is 11.8. The smallest absolute Gasteiger partial charge is 0.316 e. The zero-order valence-electron chi connectivity index (χ0n) is 13.7. The molecule has 22 heavy (non-hydrogen) atoms. The van der Waals surface area contributed by atoms with Gasteiger partial charge in [-0.1, -0.05) is 51.9 Å². The second-order valence-corrected chi connectivity index (χ2v) is 5.45. The molecule has 0 bridgehead atoms. The Balaban J connectivity index is 3.55. The monoisotopic (exact) mass is 315 g/mol. The number of amides is 1. The Kier molecular flexibility index (Phi) is 12.4. The number of carbonyl (C=O) groups is 3. The third-order valence-electron chi connectivity index (χ3n) is 3.25. The fraction of sp³-hybridized carbons (Fsp3) is 0.812. The number of unbranched alkanes of at least 4 members (excludes halogenated alkanes) is 7. The largest absolute Gasteiger partial charge is 0.393 e. The van der Waals surface area contributed by atoms with Crippen LogP contribution in [0.4, 0.5) is 0 Å². The van der Waals surface area contributed by atoms with E-state index in [0.717, 1.165) is 26.2 Å². The number of esters is 2. The Morgan fingerprint density at radius 3 is 2.09 bits per heavy atom. The Hall–Kier alpha value is -1.43. The summed E-state index contributed by atoms with van der Waals surface area (Å²) in [5.41, 5.74) is 0. The number of hydrogen-bond acceptors (Lipinski definition) is 5. The third kappa shape index (κ3) is 12.3. The lowest BCUT2D eigenvalue weighted by Crippen LogP contribution is -2.36. The van der Waals surface area contributed by atoms with Gasteiger partial charge < -0.3 is 15.2 Å². The van der Waals surface area contributed by atoms with E-state index in [0.29, 0.717) is 6.54 Å². The highest BCUT2D eigenvalue weighted by atomic mass is 16.6. The summed E-state index contributed by atoms with van der Waals surface area (Å²) in [5.74, 6) is -2.26. The molecule has 0 fully saturated rings. The third-order valence-corrected chi connectivity index (χ3v) is 3.25. The van der Waals surface area contributed by atoms with Gasteiger partial charge in [0.25, 0.3) is 0 Å². The van der Waals surface area contributed by atoms with Crippen molar-refractivity contribution >= 4 is 17.8 Å². The molecule has 6 heteroatoms. The number of rotatable bonds is 12. The van der Waals surface area contributed by atoms with Crippen LogP contribution in [0.15, 0.2) is 0 Å². The first-order valence-electron chi connectivity index (χ1n) is 8.14. The molecule has 0 aliphatic rings. The minimum atomic E-state index is -1.47. The van der Waals surface area contributed by atoms with Crippen molar-refractivity contribution in [1.82, 2.24) is 5.32 Å². The molecule has 0 aliphatic carbocycles. The highest BCUT2D eigenvalue weighted by Crippen LogP contribution is 2.07. The summed E-state index contributed by atoms with van der Waals surface area (Å²) in [4.78, 5) is 33.2. The summed E-state index contributed by atoms with van der Waals surface area (Å²) in [7, 11) is 0. The maximum Gasteiger partial charge on any atom is 0.316 e. The average Bonchev–Trinajstić information content (AvgIpc) is 2.44. The number of carbonyl (C=O) groups excluding carboxylic acids is 3. The van der Waals surface area contributed by atoms with E-state index in [9.17, 15) is 19.5 Å². The molecule has 0 aromatic rings. The van der Waals surface area contributed by atoms with Crippen LogP contribution < -0.4 is 5.32 Å². The topological polar surface area (TPSA) is 92.7 Å². The van der Waals surface area contributed by atoms with E-state index in [1.807, 2.05) is 0 Å². The van der Waals surface area contributed by atoms with Gasteiger partial charge in [0, 0.05) is 13.5 Å². The number of hydrogen-bond donors (Lipinski definition) is 2. The van der Waals surface area contributed by atoms with Crippen molar-refractivity contribution in [2.75, 3.05) is 6.54 Å². The number of nitrogens with one attached hydrogen (secondary N) is 1. The summed E-state index contributed by atoms with van der Waals surface area (Å²) in [6.07, 6.45) is 7.35. The fourth-order valence-corrected chi connectivity index (χ4v) is 2.04. The van der Waals surface area contributed by atoms with Crippen molar-refractivity contribution in [3.63, 3.8) is 0 Å². The van der Waals surface area contributed by atoms with Crippen LogP contribution in [0, 0.1) is 0 Å². The minimum Gasteiger partial charge on any atom is -0.393 e. The molecule has 0 saturated heterocycles. The molecule has 0 heterocycles. The molecule has 0 aromatic carbocycles. The van der Waals surface area contributed by atoms with Gasteiger partial charge in [-0.25, -0.2) is 0 Å². The molecule has 0 rings (SSSR count). The van der Waals surface area contributed by atoms with Gasteiger partial charge in [0.05, 0.1) is 6.42 Å². The molecule has 0 aromatic heterocycles. The van der Waals surface area contributed by atoms with Gasteiger partial charge in [0.2, 0.25) is 5.91 Å². The van der Waals surface area contributed by atoms with Crippen LogP contribution in [0.1, 0.15) is 71.6 Å². The SMILES string of the molecule is CCCCCCCCCCNC(=O)C(O)CC(=O)OC(C)=O. The van der Waals surface area contributed by atoms with Gasteiger partial charge in [0.1, 0.15) is 6.10 Å². The maximum atomic E-state index is 11.5. The summed E-state index contributed by atoms with van der Waals surface area (Å²) in [5, 5.41) is 12.1. The van der Waals surface area contributed by atoms with Crippen molar-refractivity contribution < 1.29 is 24.2 Å². The van der Waals surface area contributed by atoms with E-state index in [-0.39, 0.29) is 0 Å². The van der Waals surface area contributed by atoms with Gasteiger partial charge in [-0.05, 0) is 6.42 Å². The Morgan fingerprint density at radius 1 is 1.00 bits per heavy atom. The van der Waals surface area contributed by atoms with E-state index >= 15 is 0 Å². The minimum absolute atomic E-state index is 0.479. The summed E-state index contributed by atoms with van der Waals surface area (Å²) in [6, 6.07) is 0. The first kappa shape index (κ1) is 20.6. The van der Waals surface area contributed by atoms with Gasteiger partial charge in [-0.2, -0.15) is 0 Å². The summed E-state index contributed by atoms with van der Waals surface area (Å²) >= 11 is 0. The highest BCUT2D eigenvalue weighted by Gasteiger charge is 2.20. The first-order chi connectivity index (χ1) is 10.5. The van der Waals surface area contributed by atoms with Crippen LogP contribution in [0.3, 0.4) is 0 Å². The number of ether oxygens (including phenoxy) is 1. The second-order valence-electron chi connectivity index (χ2n) is 5.45. The zero-order valence-corrected chi connectivity index (χ0v) is 13.7. The van der Waals surface area contributed by atoms with E-state index in [4.69, 9.17) is 0 Å². The van der Waals surface area contributed by atoms with Gasteiger partial charge >= 0.3 is 11.9 Å². The molecule has 6 nitrogen and oxygen atoms in total. The fourth-order valence-electron chi connectivity index (χ4n) is 2.04. The summed E-state index contributed by atoms with van der Waals surface area (Å²) in [6.45, 7) is 3.76. The first-order valence-corrected chi connectivity index (χ1v) is 8.14. The van der Waals surface area contributed by atoms with E-state index in [1.54, 1.807) is 0 Å². The standard InChI is InChI=1S/C16H29NO5/c1-3-4-5-6-7-8-9-10-11-17-16(21)14(19)12-15(20)22-13(2)18/h14,19H,3-12H2,1-2H3,(H,17,21). The van der Waals surface area contributed by atoms with Crippen LogP contribution in [0.25, 0.3) is 0 Å². The van der Waals surface area contributed by atoms with Crippen LogP contribution in [-0.2, 0) is 19.1 Å². The maximum absolute atomic E-state index is 11.5. The van der Waals surface area contributed by atoms with Gasteiger partial charge in [-0.3, -0.25) is 14.4 Å². The summed E-state index contributed by atoms with van der Waals surface area (Å²) < 4.78 is 4.25. The quantitative estimate of drug-likeness (QED) is 0.327. The van der Waals surface area contributed by atoms with E-state index in [2.05, 4.69) is 17.0 Å². The van der Waals surface area contributed by atoms with Crippen molar-refractivity contribution in [1.29, 1.82) is 0 Å². The van der Waals surface area contributed by atoms with Gasteiger partial charge in [-0.15, -0.1) is 0 Å². The lowest BCUT2D eigenvalue weighted by Gasteiger charge is -2.10. The highest BCUT2D eigenvalue weighted by molar-refractivity contribution is 5.89. The van der Waals surface area contributed by atoms with Crippen LogP contribution in [0.2, 0.25) is 0 Å². The van der Waals surface area contributed by atoms with Crippen molar-refractivity contribution in [2.45, 2.75) is 77.7 Å². The molecular formula is C16H29NO5. The average molecular weight is 315 g/mol. The Morgan fingerprint density at radius 2 is 1.55 bits per heavy atom. The Bertz CT molecular complexity index is 343. The number of aliphatic hydroxyl groups excluding tert-OH is 1. The van der Waals surface area contributed by atoms with Crippen LogP contribution in [-0.4, -0.2) is 35.6 Å². The van der Waals surface area contributed by atoms with Crippen LogP contribution >= 0.6 is 0 Å². The molecule has 1 unspecified atom stereocenters. The number of aliphatic hydroxyl groups is 1. The Labute approximate surface area is 132 Å². The zero-order chi connectivity index (χ0) is 16.8. The van der Waals surface area contributed by atoms with Crippen molar-refractivity contribution in [2.24, 2.45) is 0 Å². The van der Waals surface area contributed by atoms with Crippen LogP contribution in [0.5, 0.6) is 0 Å². The van der Waals surface area contributed by atoms with E-state index in [1.165, 1.54) is 32.1 Å². The van der Waals surface area contributed by atoms with Crippen molar-refractivity contribution in [3.05, 3.63) is 0 Å². The van der Waals surface area contributed by atoms with Gasteiger partial charge in [0.15, 0.2) is 0 Å². The predicted molar refractivity (Wildman–Crippen MR) is 83.0 cm³/mol.